The number of halogens is 1. The second-order valence-corrected chi connectivity index (χ2v) is 4.21. The van der Waals surface area contributed by atoms with Crippen molar-refractivity contribution in [2.24, 2.45) is 7.05 Å². The smallest absolute Gasteiger partial charge is 0.0913 e. The summed E-state index contributed by atoms with van der Waals surface area (Å²) in [5, 5.41) is 0. The SMILES string of the molecule is Cc1c(C)n(C)c2cc(Br)cnc12. The zero-order valence-corrected chi connectivity index (χ0v) is 9.51. The third-order valence-corrected chi connectivity index (χ3v) is 3.03. The van der Waals surface area contributed by atoms with Crippen LogP contribution in [0.3, 0.4) is 0 Å². The molecule has 68 valence electrons. The summed E-state index contributed by atoms with van der Waals surface area (Å²) in [5.41, 5.74) is 4.83. The van der Waals surface area contributed by atoms with Crippen LogP contribution in [0.1, 0.15) is 11.3 Å². The van der Waals surface area contributed by atoms with Crippen LogP contribution in [-0.4, -0.2) is 9.55 Å². The highest BCUT2D eigenvalue weighted by Crippen LogP contribution is 2.24. The van der Waals surface area contributed by atoms with Gasteiger partial charge in [0.05, 0.1) is 11.0 Å². The fraction of sp³-hybridized carbons (Fsp3) is 0.300. The molecule has 3 heteroatoms. The van der Waals surface area contributed by atoms with Crippen LogP contribution in [0.25, 0.3) is 11.0 Å². The van der Waals surface area contributed by atoms with Gasteiger partial charge >= 0.3 is 0 Å². The first-order chi connectivity index (χ1) is 6.11. The Morgan fingerprint density at radius 3 is 2.77 bits per heavy atom. The summed E-state index contributed by atoms with van der Waals surface area (Å²) in [6.07, 6.45) is 1.84. The first-order valence-electron chi connectivity index (χ1n) is 4.18. The quantitative estimate of drug-likeness (QED) is 0.691. The van der Waals surface area contributed by atoms with E-state index in [0.717, 1.165) is 9.99 Å². The van der Waals surface area contributed by atoms with Gasteiger partial charge in [-0.25, -0.2) is 0 Å². The number of hydrogen-bond donors (Lipinski definition) is 0. The summed E-state index contributed by atoms with van der Waals surface area (Å²) in [7, 11) is 2.07. The van der Waals surface area contributed by atoms with Gasteiger partial charge in [0.2, 0.25) is 0 Å². The predicted octanol–water partition coefficient (Wildman–Crippen LogP) is 2.95. The van der Waals surface area contributed by atoms with Crippen LogP contribution in [0.2, 0.25) is 0 Å². The van der Waals surface area contributed by atoms with Crippen molar-refractivity contribution in [1.29, 1.82) is 0 Å². The second-order valence-electron chi connectivity index (χ2n) is 3.29. The van der Waals surface area contributed by atoms with Crippen LogP contribution in [0, 0.1) is 13.8 Å². The molecular weight excluding hydrogens is 228 g/mol. The molecule has 0 N–H and O–H groups in total. The summed E-state index contributed by atoms with van der Waals surface area (Å²) < 4.78 is 3.20. The lowest BCUT2D eigenvalue weighted by atomic mass is 10.2. The van der Waals surface area contributed by atoms with E-state index in [-0.39, 0.29) is 0 Å². The van der Waals surface area contributed by atoms with Gasteiger partial charge in [-0.05, 0) is 41.4 Å². The molecule has 0 saturated heterocycles. The lowest BCUT2D eigenvalue weighted by Crippen LogP contribution is -1.90. The van der Waals surface area contributed by atoms with E-state index >= 15 is 0 Å². The molecule has 2 aromatic rings. The van der Waals surface area contributed by atoms with Crippen LogP contribution in [-0.2, 0) is 7.05 Å². The number of hydrogen-bond acceptors (Lipinski definition) is 1. The average Bonchev–Trinajstić information content (AvgIpc) is 2.32. The van der Waals surface area contributed by atoms with Crippen molar-refractivity contribution in [3.05, 3.63) is 28.0 Å². The highest BCUT2D eigenvalue weighted by Gasteiger charge is 2.08. The summed E-state index contributed by atoms with van der Waals surface area (Å²) in [4.78, 5) is 4.39. The molecule has 0 aliphatic carbocycles. The number of nitrogens with zero attached hydrogens (tertiary/aromatic N) is 2. The minimum absolute atomic E-state index is 1.03. The second kappa shape index (κ2) is 2.84. The Morgan fingerprint density at radius 1 is 1.38 bits per heavy atom. The minimum Gasteiger partial charge on any atom is -0.346 e. The lowest BCUT2D eigenvalue weighted by molar-refractivity contribution is 0.910. The molecule has 0 unspecified atom stereocenters. The molecule has 0 fully saturated rings. The zero-order valence-electron chi connectivity index (χ0n) is 7.93. The molecule has 0 atom stereocenters. The third kappa shape index (κ3) is 1.18. The van der Waals surface area contributed by atoms with Crippen molar-refractivity contribution < 1.29 is 0 Å². The molecule has 2 heterocycles. The first kappa shape index (κ1) is 8.75. The topological polar surface area (TPSA) is 17.8 Å². The highest BCUT2D eigenvalue weighted by molar-refractivity contribution is 9.10. The fourth-order valence-corrected chi connectivity index (χ4v) is 1.90. The summed E-state index contributed by atoms with van der Waals surface area (Å²) in [6.45, 7) is 4.23. The average molecular weight is 239 g/mol. The standard InChI is InChI=1S/C10H11BrN2/c1-6-7(2)13(3)9-4-8(11)5-12-10(6)9/h4-5H,1-3H3. The molecule has 0 spiro atoms. The molecule has 2 nitrogen and oxygen atoms in total. The Hall–Kier alpha value is -0.830. The van der Waals surface area contributed by atoms with Gasteiger partial charge in [-0.15, -0.1) is 0 Å². The molecule has 0 saturated carbocycles. The van der Waals surface area contributed by atoms with Gasteiger partial charge in [-0.2, -0.15) is 0 Å². The molecule has 0 bridgehead atoms. The van der Waals surface area contributed by atoms with E-state index in [1.807, 2.05) is 6.20 Å². The van der Waals surface area contributed by atoms with Crippen LogP contribution in [0.15, 0.2) is 16.7 Å². The predicted molar refractivity (Wildman–Crippen MR) is 57.9 cm³/mol. The summed E-state index contributed by atoms with van der Waals surface area (Å²) in [6, 6.07) is 2.10. The van der Waals surface area contributed by atoms with E-state index in [4.69, 9.17) is 0 Å². The van der Waals surface area contributed by atoms with E-state index < -0.39 is 0 Å². The Bertz CT molecular complexity index is 471. The monoisotopic (exact) mass is 238 g/mol. The van der Waals surface area contributed by atoms with Crippen molar-refractivity contribution in [2.45, 2.75) is 13.8 Å². The van der Waals surface area contributed by atoms with E-state index in [9.17, 15) is 0 Å². The van der Waals surface area contributed by atoms with Gasteiger partial charge in [0.15, 0.2) is 0 Å². The number of fused-ring (bicyclic) bond motifs is 1. The number of aromatic nitrogens is 2. The summed E-state index contributed by atoms with van der Waals surface area (Å²) in [5.74, 6) is 0. The number of pyridine rings is 1. The van der Waals surface area contributed by atoms with E-state index in [1.165, 1.54) is 16.8 Å². The third-order valence-electron chi connectivity index (χ3n) is 2.60. The summed E-state index contributed by atoms with van der Waals surface area (Å²) >= 11 is 3.42. The molecular formula is C10H11BrN2. The van der Waals surface area contributed by atoms with Gasteiger partial charge in [-0.3, -0.25) is 4.98 Å². The van der Waals surface area contributed by atoms with Crippen molar-refractivity contribution in [3.63, 3.8) is 0 Å². The van der Waals surface area contributed by atoms with E-state index in [2.05, 4.69) is 52.4 Å². The first-order valence-corrected chi connectivity index (χ1v) is 4.97. The van der Waals surface area contributed by atoms with Gasteiger partial charge < -0.3 is 4.57 Å². The lowest BCUT2D eigenvalue weighted by Gasteiger charge is -1.97. The van der Waals surface area contributed by atoms with Crippen LogP contribution < -0.4 is 0 Å². The van der Waals surface area contributed by atoms with Crippen molar-refractivity contribution in [3.8, 4) is 0 Å². The molecule has 0 aliphatic rings. The Kier molecular flexibility index (Phi) is 1.91. The molecule has 2 rings (SSSR count). The maximum absolute atomic E-state index is 4.39. The Morgan fingerprint density at radius 2 is 2.08 bits per heavy atom. The Labute approximate surface area is 85.7 Å². The van der Waals surface area contributed by atoms with E-state index in [1.54, 1.807) is 0 Å². The maximum atomic E-state index is 4.39. The van der Waals surface area contributed by atoms with Crippen molar-refractivity contribution in [1.82, 2.24) is 9.55 Å². The fourth-order valence-electron chi connectivity index (χ4n) is 1.58. The van der Waals surface area contributed by atoms with Crippen molar-refractivity contribution >= 4 is 27.0 Å². The van der Waals surface area contributed by atoms with E-state index in [0.29, 0.717) is 0 Å². The van der Waals surface area contributed by atoms with Crippen LogP contribution >= 0.6 is 15.9 Å². The largest absolute Gasteiger partial charge is 0.346 e. The molecule has 0 radical (unpaired) electrons. The Balaban J connectivity index is 2.95. The molecule has 0 aromatic carbocycles. The highest BCUT2D eigenvalue weighted by atomic mass is 79.9. The van der Waals surface area contributed by atoms with Crippen molar-refractivity contribution in [2.75, 3.05) is 0 Å². The molecule has 0 aliphatic heterocycles. The maximum Gasteiger partial charge on any atom is 0.0913 e. The zero-order chi connectivity index (χ0) is 9.59. The molecule has 0 amide bonds. The normalized spacial score (nSPS) is 11.1. The van der Waals surface area contributed by atoms with Gasteiger partial charge in [0, 0.05) is 23.4 Å². The minimum atomic E-state index is 1.03. The van der Waals surface area contributed by atoms with Gasteiger partial charge in [0.1, 0.15) is 0 Å². The van der Waals surface area contributed by atoms with Gasteiger partial charge in [0.25, 0.3) is 0 Å². The number of rotatable bonds is 0. The van der Waals surface area contributed by atoms with Gasteiger partial charge in [-0.1, -0.05) is 0 Å². The number of aryl methyl sites for hydroxylation is 2. The molecule has 13 heavy (non-hydrogen) atoms. The molecule has 2 aromatic heterocycles. The van der Waals surface area contributed by atoms with Crippen LogP contribution in [0.4, 0.5) is 0 Å². The van der Waals surface area contributed by atoms with Crippen LogP contribution in [0.5, 0.6) is 0 Å².